The average molecular weight is 213 g/mol. The number of aryl methyl sites for hydroxylation is 2. The maximum atomic E-state index is 5.51. The van der Waals surface area contributed by atoms with Gasteiger partial charge in [0.25, 0.3) is 0 Å². The van der Waals surface area contributed by atoms with Gasteiger partial charge in [-0.15, -0.1) is 0 Å². The van der Waals surface area contributed by atoms with Gasteiger partial charge >= 0.3 is 0 Å². The molecule has 0 aliphatic rings. The van der Waals surface area contributed by atoms with Gasteiger partial charge in [0.15, 0.2) is 17.2 Å². The molecule has 1 N–H and O–H groups in total. The lowest BCUT2D eigenvalue weighted by molar-refractivity contribution is 0.545. The highest BCUT2D eigenvalue weighted by atomic mass is 16.3. The summed E-state index contributed by atoms with van der Waals surface area (Å²) in [6.07, 6.45) is 0. The number of aromatic nitrogens is 3. The molecule has 0 bridgehead atoms. The van der Waals surface area contributed by atoms with Crippen molar-refractivity contribution < 1.29 is 4.42 Å². The molecule has 0 aliphatic heterocycles. The Morgan fingerprint density at radius 3 is 2.69 bits per heavy atom. The van der Waals surface area contributed by atoms with Crippen molar-refractivity contribution in [2.75, 3.05) is 0 Å². The summed E-state index contributed by atoms with van der Waals surface area (Å²) >= 11 is 0. The lowest BCUT2D eigenvalue weighted by Gasteiger charge is -1.88. The Bertz CT molecular complexity index is 651. The smallest absolute Gasteiger partial charge is 0.178 e. The number of hydrogen-bond donors (Lipinski definition) is 1. The molecule has 3 aromatic heterocycles. The van der Waals surface area contributed by atoms with E-state index in [9.17, 15) is 0 Å². The molecular weight excluding hydrogens is 202 g/mol. The second-order valence-electron chi connectivity index (χ2n) is 3.82. The van der Waals surface area contributed by atoms with Crippen LogP contribution < -0.4 is 0 Å². The number of fused-ring (bicyclic) bond motifs is 1. The summed E-state index contributed by atoms with van der Waals surface area (Å²) < 4.78 is 5.51. The van der Waals surface area contributed by atoms with Crippen LogP contribution in [0.1, 0.15) is 11.5 Å². The quantitative estimate of drug-likeness (QED) is 0.676. The largest absolute Gasteiger partial charge is 0.458 e. The summed E-state index contributed by atoms with van der Waals surface area (Å²) in [6, 6.07) is 7.75. The van der Waals surface area contributed by atoms with Crippen molar-refractivity contribution in [2.24, 2.45) is 0 Å². The standard InChI is InChI=1S/C12H11N3O/c1-7-3-5-9-11(13-7)15-12(14-9)10-6-4-8(2)16-10/h3-6H,1-2H3,(H,13,14,15). The molecule has 3 heterocycles. The van der Waals surface area contributed by atoms with Gasteiger partial charge in [-0.25, -0.2) is 9.97 Å². The highest BCUT2D eigenvalue weighted by molar-refractivity contribution is 5.74. The highest BCUT2D eigenvalue weighted by Gasteiger charge is 2.09. The summed E-state index contributed by atoms with van der Waals surface area (Å²) in [5, 5.41) is 0. The molecule has 4 heteroatoms. The van der Waals surface area contributed by atoms with E-state index in [1.807, 2.05) is 38.1 Å². The van der Waals surface area contributed by atoms with Gasteiger partial charge in [0.05, 0.1) is 5.52 Å². The van der Waals surface area contributed by atoms with E-state index in [1.165, 1.54) is 0 Å². The van der Waals surface area contributed by atoms with Crippen LogP contribution in [0.4, 0.5) is 0 Å². The minimum absolute atomic E-state index is 0.723. The summed E-state index contributed by atoms with van der Waals surface area (Å²) in [7, 11) is 0. The number of H-pyrrole nitrogens is 1. The molecule has 80 valence electrons. The molecule has 0 amide bonds. The van der Waals surface area contributed by atoms with Gasteiger partial charge in [-0.1, -0.05) is 0 Å². The number of pyridine rings is 1. The molecule has 0 unspecified atom stereocenters. The van der Waals surface area contributed by atoms with E-state index in [0.717, 1.165) is 34.2 Å². The van der Waals surface area contributed by atoms with Gasteiger partial charge in [0.2, 0.25) is 0 Å². The SMILES string of the molecule is Cc1ccc2[nH]c(-c3ccc(C)o3)nc2n1. The van der Waals surface area contributed by atoms with E-state index in [4.69, 9.17) is 4.42 Å². The number of furan rings is 1. The first-order valence-electron chi connectivity index (χ1n) is 5.12. The van der Waals surface area contributed by atoms with Gasteiger partial charge in [-0.3, -0.25) is 0 Å². The second-order valence-corrected chi connectivity index (χ2v) is 3.82. The predicted molar refractivity (Wildman–Crippen MR) is 61.1 cm³/mol. The molecule has 0 aromatic carbocycles. The van der Waals surface area contributed by atoms with Crippen molar-refractivity contribution in [2.45, 2.75) is 13.8 Å². The first kappa shape index (κ1) is 9.15. The zero-order valence-electron chi connectivity index (χ0n) is 9.11. The first-order valence-corrected chi connectivity index (χ1v) is 5.12. The molecule has 0 saturated carbocycles. The molecule has 0 atom stereocenters. The Morgan fingerprint density at radius 2 is 1.94 bits per heavy atom. The van der Waals surface area contributed by atoms with E-state index in [2.05, 4.69) is 15.0 Å². The van der Waals surface area contributed by atoms with Crippen LogP contribution >= 0.6 is 0 Å². The normalized spacial score (nSPS) is 11.1. The molecule has 0 fully saturated rings. The van der Waals surface area contributed by atoms with Crippen molar-refractivity contribution in [3.05, 3.63) is 35.7 Å². The van der Waals surface area contributed by atoms with Crippen molar-refractivity contribution in [1.29, 1.82) is 0 Å². The zero-order valence-corrected chi connectivity index (χ0v) is 9.11. The fourth-order valence-electron chi connectivity index (χ4n) is 1.67. The third kappa shape index (κ3) is 1.39. The van der Waals surface area contributed by atoms with Gasteiger partial charge in [-0.2, -0.15) is 0 Å². The molecule has 0 spiro atoms. The molecule has 3 rings (SSSR count). The summed E-state index contributed by atoms with van der Waals surface area (Å²) in [5.41, 5.74) is 2.61. The Balaban J connectivity index is 2.18. The van der Waals surface area contributed by atoms with E-state index in [1.54, 1.807) is 0 Å². The molecular formula is C12H11N3O. The second kappa shape index (κ2) is 3.20. The van der Waals surface area contributed by atoms with E-state index < -0.39 is 0 Å². The monoisotopic (exact) mass is 213 g/mol. The van der Waals surface area contributed by atoms with Crippen LogP contribution in [0, 0.1) is 13.8 Å². The fourth-order valence-corrected chi connectivity index (χ4v) is 1.67. The number of hydrogen-bond acceptors (Lipinski definition) is 3. The van der Waals surface area contributed by atoms with Crippen LogP contribution in [-0.4, -0.2) is 15.0 Å². The predicted octanol–water partition coefficient (Wildman–Crippen LogP) is 2.83. The van der Waals surface area contributed by atoms with Gasteiger partial charge in [-0.05, 0) is 38.1 Å². The van der Waals surface area contributed by atoms with Crippen LogP contribution in [0.3, 0.4) is 0 Å². The van der Waals surface area contributed by atoms with Crippen LogP contribution in [0.2, 0.25) is 0 Å². The van der Waals surface area contributed by atoms with Crippen molar-refractivity contribution in [3.63, 3.8) is 0 Å². The number of aromatic amines is 1. The topological polar surface area (TPSA) is 54.7 Å². The fraction of sp³-hybridized carbons (Fsp3) is 0.167. The minimum atomic E-state index is 0.723. The number of imidazole rings is 1. The Kier molecular flexibility index (Phi) is 1.83. The molecule has 4 nitrogen and oxygen atoms in total. The van der Waals surface area contributed by atoms with Crippen LogP contribution in [-0.2, 0) is 0 Å². The van der Waals surface area contributed by atoms with Crippen LogP contribution in [0.5, 0.6) is 0 Å². The van der Waals surface area contributed by atoms with Crippen molar-refractivity contribution in [1.82, 2.24) is 15.0 Å². The minimum Gasteiger partial charge on any atom is -0.458 e. The Hall–Kier alpha value is -2.10. The van der Waals surface area contributed by atoms with Gasteiger partial charge in [0, 0.05) is 5.69 Å². The molecule has 0 radical (unpaired) electrons. The van der Waals surface area contributed by atoms with Gasteiger partial charge in [0.1, 0.15) is 5.76 Å². The Morgan fingerprint density at radius 1 is 1.06 bits per heavy atom. The van der Waals surface area contributed by atoms with Crippen molar-refractivity contribution in [3.8, 4) is 11.6 Å². The number of nitrogens with zero attached hydrogens (tertiary/aromatic N) is 2. The lowest BCUT2D eigenvalue weighted by Crippen LogP contribution is -1.80. The summed E-state index contributed by atoms with van der Waals surface area (Å²) in [5.74, 6) is 2.34. The molecule has 0 aliphatic carbocycles. The molecule has 3 aromatic rings. The maximum absolute atomic E-state index is 5.51. The number of rotatable bonds is 1. The third-order valence-corrected chi connectivity index (χ3v) is 2.46. The Labute approximate surface area is 92.3 Å². The van der Waals surface area contributed by atoms with E-state index in [0.29, 0.717) is 0 Å². The molecule has 0 saturated heterocycles. The highest BCUT2D eigenvalue weighted by Crippen LogP contribution is 2.21. The summed E-state index contributed by atoms with van der Waals surface area (Å²) in [4.78, 5) is 11.9. The zero-order chi connectivity index (χ0) is 11.1. The van der Waals surface area contributed by atoms with Crippen LogP contribution in [0.25, 0.3) is 22.7 Å². The lowest BCUT2D eigenvalue weighted by atomic mass is 10.3. The van der Waals surface area contributed by atoms with Crippen LogP contribution in [0.15, 0.2) is 28.7 Å². The van der Waals surface area contributed by atoms with Crippen molar-refractivity contribution >= 4 is 11.2 Å². The van der Waals surface area contributed by atoms with E-state index >= 15 is 0 Å². The average Bonchev–Trinajstić information content (AvgIpc) is 2.83. The van der Waals surface area contributed by atoms with Gasteiger partial charge < -0.3 is 9.40 Å². The third-order valence-electron chi connectivity index (χ3n) is 2.46. The number of nitrogens with one attached hydrogen (secondary N) is 1. The first-order chi connectivity index (χ1) is 7.72. The summed E-state index contributed by atoms with van der Waals surface area (Å²) in [6.45, 7) is 3.86. The van der Waals surface area contributed by atoms with E-state index in [-0.39, 0.29) is 0 Å². The molecule has 16 heavy (non-hydrogen) atoms. The maximum Gasteiger partial charge on any atom is 0.178 e.